The highest BCUT2D eigenvalue weighted by atomic mass is 35.5. The monoisotopic (exact) mass is 452 g/mol. The van der Waals surface area contributed by atoms with E-state index in [9.17, 15) is 9.59 Å². The van der Waals surface area contributed by atoms with Crippen LogP contribution in [0, 0.1) is 6.92 Å². The van der Waals surface area contributed by atoms with Gasteiger partial charge in [-0.1, -0.05) is 29.3 Å². The topological polar surface area (TPSA) is 90.1 Å². The predicted molar refractivity (Wildman–Crippen MR) is 114 cm³/mol. The number of rotatable bonds is 7. The summed E-state index contributed by atoms with van der Waals surface area (Å²) in [7, 11) is 0. The standard InChI is InChI=1S/C21H22Cl2N2O5/c1-3-29-21(24-30-11-18(27)28)20-12(2)19-16(5-4-6-17(19)26)25(20)10-13-7-8-14(22)15(23)9-13/h7-9H,3-6,10-11H2,1-2H3,(H,27,28)/b24-21-. The molecule has 1 aliphatic carbocycles. The molecule has 0 amide bonds. The van der Waals surface area contributed by atoms with Gasteiger partial charge in [0.2, 0.25) is 6.61 Å². The van der Waals surface area contributed by atoms with Gasteiger partial charge in [-0.3, -0.25) is 4.79 Å². The molecule has 1 aromatic heterocycles. The number of carbonyl (C=O) groups is 2. The number of Topliss-reactive ketones (excluding diaryl/α,β-unsaturated/α-hetero) is 1. The number of carbonyl (C=O) groups excluding carboxylic acids is 1. The van der Waals surface area contributed by atoms with Crippen molar-refractivity contribution in [2.45, 2.75) is 39.7 Å². The molecule has 9 heteroatoms. The maximum Gasteiger partial charge on any atom is 0.344 e. The molecule has 0 spiro atoms. The molecule has 0 bridgehead atoms. The van der Waals surface area contributed by atoms with Crippen molar-refractivity contribution in [1.29, 1.82) is 0 Å². The highest BCUT2D eigenvalue weighted by Crippen LogP contribution is 2.32. The lowest BCUT2D eigenvalue weighted by molar-refractivity contribution is -0.142. The zero-order valence-corrected chi connectivity index (χ0v) is 18.2. The Balaban J connectivity index is 2.13. The third-order valence-electron chi connectivity index (χ3n) is 4.85. The summed E-state index contributed by atoms with van der Waals surface area (Å²) in [5.74, 6) is -0.935. The number of aliphatic carboxylic acids is 1. The lowest BCUT2D eigenvalue weighted by atomic mass is 9.93. The zero-order chi connectivity index (χ0) is 21.8. The van der Waals surface area contributed by atoms with E-state index in [-0.39, 0.29) is 11.7 Å². The number of nitrogens with zero attached hydrogens (tertiary/aromatic N) is 2. The van der Waals surface area contributed by atoms with E-state index in [1.54, 1.807) is 19.1 Å². The number of carboxylic acids is 1. The van der Waals surface area contributed by atoms with Crippen molar-refractivity contribution in [2.24, 2.45) is 5.16 Å². The van der Waals surface area contributed by atoms with Gasteiger partial charge in [-0.05, 0) is 55.1 Å². The number of hydrogen-bond donors (Lipinski definition) is 1. The number of oxime groups is 1. The fraction of sp³-hybridized carbons (Fsp3) is 0.381. The fourth-order valence-electron chi connectivity index (χ4n) is 3.67. The molecule has 0 radical (unpaired) electrons. The van der Waals surface area contributed by atoms with Gasteiger partial charge in [0.25, 0.3) is 5.90 Å². The Kier molecular flexibility index (Phi) is 7.05. The van der Waals surface area contributed by atoms with Crippen LogP contribution in [0.2, 0.25) is 10.0 Å². The van der Waals surface area contributed by atoms with Crippen LogP contribution >= 0.6 is 23.2 Å². The van der Waals surface area contributed by atoms with E-state index in [0.29, 0.717) is 40.9 Å². The zero-order valence-electron chi connectivity index (χ0n) is 16.7. The third-order valence-corrected chi connectivity index (χ3v) is 5.59. The normalized spacial score (nSPS) is 13.9. The quantitative estimate of drug-likeness (QED) is 0.380. The summed E-state index contributed by atoms with van der Waals surface area (Å²) >= 11 is 12.2. The Morgan fingerprint density at radius 1 is 1.27 bits per heavy atom. The van der Waals surface area contributed by atoms with Gasteiger partial charge in [0.1, 0.15) is 5.69 Å². The fourth-order valence-corrected chi connectivity index (χ4v) is 3.99. The third kappa shape index (κ3) is 4.63. The number of benzene rings is 1. The smallest absolute Gasteiger partial charge is 0.344 e. The van der Waals surface area contributed by atoms with Crippen LogP contribution in [0.25, 0.3) is 0 Å². The van der Waals surface area contributed by atoms with E-state index >= 15 is 0 Å². The van der Waals surface area contributed by atoms with E-state index in [1.165, 1.54) is 0 Å². The number of ketones is 1. The predicted octanol–water partition coefficient (Wildman–Crippen LogP) is 4.47. The van der Waals surface area contributed by atoms with E-state index < -0.39 is 12.6 Å². The van der Waals surface area contributed by atoms with Crippen molar-refractivity contribution < 1.29 is 24.3 Å². The molecule has 0 unspecified atom stereocenters. The van der Waals surface area contributed by atoms with Crippen molar-refractivity contribution in [1.82, 2.24) is 4.57 Å². The first kappa shape index (κ1) is 22.2. The van der Waals surface area contributed by atoms with Crippen molar-refractivity contribution >= 4 is 40.9 Å². The van der Waals surface area contributed by atoms with Crippen molar-refractivity contribution in [2.75, 3.05) is 13.2 Å². The van der Waals surface area contributed by atoms with Crippen LogP contribution in [0.4, 0.5) is 0 Å². The van der Waals surface area contributed by atoms with E-state index in [1.807, 2.05) is 17.6 Å². The summed E-state index contributed by atoms with van der Waals surface area (Å²) in [6.07, 6.45) is 1.98. The second-order valence-electron chi connectivity index (χ2n) is 6.90. The molecular weight excluding hydrogens is 431 g/mol. The molecule has 0 saturated carbocycles. The molecule has 1 aromatic carbocycles. The summed E-state index contributed by atoms with van der Waals surface area (Å²) < 4.78 is 7.65. The number of hydrogen-bond acceptors (Lipinski definition) is 5. The first-order chi connectivity index (χ1) is 14.3. The molecule has 0 saturated heterocycles. The van der Waals surface area contributed by atoms with Crippen LogP contribution in [0.5, 0.6) is 0 Å². The van der Waals surface area contributed by atoms with Crippen LogP contribution in [0.3, 0.4) is 0 Å². The summed E-state index contributed by atoms with van der Waals surface area (Å²) in [5, 5.41) is 13.7. The molecule has 2 aromatic rings. The molecule has 0 fully saturated rings. The molecule has 160 valence electrons. The number of halogens is 2. The average molecular weight is 453 g/mol. The highest BCUT2D eigenvalue weighted by molar-refractivity contribution is 6.42. The second kappa shape index (κ2) is 9.53. The van der Waals surface area contributed by atoms with Crippen molar-refractivity contribution in [3.63, 3.8) is 0 Å². The Labute approximate surface area is 184 Å². The van der Waals surface area contributed by atoms with Gasteiger partial charge >= 0.3 is 5.97 Å². The second-order valence-corrected chi connectivity index (χ2v) is 7.72. The van der Waals surface area contributed by atoms with E-state index in [2.05, 4.69) is 5.16 Å². The SMILES string of the molecule is CCO/C(=N\OCC(=O)O)c1c(C)c2c(n1Cc1ccc(Cl)c(Cl)c1)CCCC2=O. The van der Waals surface area contributed by atoms with Crippen molar-refractivity contribution in [3.8, 4) is 0 Å². The number of aromatic nitrogens is 1. The maximum atomic E-state index is 12.7. The summed E-state index contributed by atoms with van der Waals surface area (Å²) in [5.41, 5.74) is 3.79. The summed E-state index contributed by atoms with van der Waals surface area (Å²) in [6.45, 7) is 3.75. The van der Waals surface area contributed by atoms with Gasteiger partial charge in [0, 0.05) is 24.2 Å². The maximum absolute atomic E-state index is 12.7. The van der Waals surface area contributed by atoms with Gasteiger partial charge in [0.15, 0.2) is 5.78 Å². The molecule has 3 rings (SSSR count). The Hall–Kier alpha value is -2.51. The lowest BCUT2D eigenvalue weighted by Gasteiger charge is -2.17. The van der Waals surface area contributed by atoms with Gasteiger partial charge < -0.3 is 19.2 Å². The van der Waals surface area contributed by atoms with Crippen LogP contribution in [-0.4, -0.2) is 40.5 Å². The van der Waals surface area contributed by atoms with Gasteiger partial charge in [-0.15, -0.1) is 0 Å². The molecule has 1 heterocycles. The molecule has 1 aliphatic rings. The Bertz CT molecular complexity index is 1010. The minimum atomic E-state index is -1.15. The van der Waals surface area contributed by atoms with Crippen molar-refractivity contribution in [3.05, 3.63) is 56.3 Å². The Morgan fingerprint density at radius 3 is 2.70 bits per heavy atom. The van der Waals surface area contributed by atoms with Gasteiger partial charge in [-0.25, -0.2) is 4.79 Å². The highest BCUT2D eigenvalue weighted by Gasteiger charge is 2.30. The number of fused-ring (bicyclic) bond motifs is 1. The molecule has 7 nitrogen and oxygen atoms in total. The first-order valence-electron chi connectivity index (χ1n) is 9.57. The molecule has 0 aliphatic heterocycles. The molecule has 0 atom stereocenters. The van der Waals surface area contributed by atoms with Crippen LogP contribution in [-0.2, 0) is 27.3 Å². The first-order valence-corrected chi connectivity index (χ1v) is 10.3. The average Bonchev–Trinajstić information content (AvgIpc) is 2.97. The number of ether oxygens (including phenoxy) is 1. The number of carboxylic acid groups (broad SMARTS) is 1. The lowest BCUT2D eigenvalue weighted by Crippen LogP contribution is -2.18. The van der Waals surface area contributed by atoms with Gasteiger partial charge in [-0.2, -0.15) is 0 Å². The molecular formula is C21H22Cl2N2O5. The minimum absolute atomic E-state index is 0.0743. The van der Waals surface area contributed by atoms with E-state index in [4.69, 9.17) is 37.9 Å². The largest absolute Gasteiger partial charge is 0.479 e. The Morgan fingerprint density at radius 2 is 2.03 bits per heavy atom. The molecule has 1 N–H and O–H groups in total. The van der Waals surface area contributed by atoms with Crippen LogP contribution in [0.1, 0.15) is 52.6 Å². The summed E-state index contributed by atoms with van der Waals surface area (Å²) in [4.78, 5) is 28.4. The van der Waals surface area contributed by atoms with Gasteiger partial charge in [0.05, 0.1) is 16.7 Å². The van der Waals surface area contributed by atoms with E-state index in [0.717, 1.165) is 29.7 Å². The minimum Gasteiger partial charge on any atom is -0.479 e. The van der Waals surface area contributed by atoms with Crippen LogP contribution in [0.15, 0.2) is 23.4 Å². The van der Waals surface area contributed by atoms with Crippen LogP contribution < -0.4 is 0 Å². The molecule has 30 heavy (non-hydrogen) atoms. The summed E-state index contributed by atoms with van der Waals surface area (Å²) in [6, 6.07) is 5.36.